The molecule has 3 heteroatoms. The molecule has 0 aromatic rings. The van der Waals surface area contributed by atoms with Gasteiger partial charge in [-0.2, -0.15) is 0 Å². The predicted molar refractivity (Wildman–Crippen MR) is 65.4 cm³/mol. The van der Waals surface area contributed by atoms with Crippen molar-refractivity contribution in [3.63, 3.8) is 0 Å². The molecule has 2 rings (SSSR count). The van der Waals surface area contributed by atoms with E-state index in [0.717, 1.165) is 13.1 Å². The number of rotatable bonds is 3. The minimum Gasteiger partial charge on any atom is -0.311 e. The van der Waals surface area contributed by atoms with Gasteiger partial charge < -0.3 is 5.32 Å². The first-order chi connectivity index (χ1) is 7.68. The third-order valence-corrected chi connectivity index (χ3v) is 4.47. The van der Waals surface area contributed by atoms with Crippen LogP contribution in [0.4, 0.5) is 4.39 Å². The summed E-state index contributed by atoms with van der Waals surface area (Å²) in [5.74, 6) is 0.640. The lowest BCUT2D eigenvalue weighted by molar-refractivity contribution is 0.0286. The van der Waals surface area contributed by atoms with Gasteiger partial charge in [-0.1, -0.05) is 26.7 Å². The fourth-order valence-corrected chi connectivity index (χ4v) is 3.33. The summed E-state index contributed by atoms with van der Waals surface area (Å²) in [5, 5.41) is 3.68. The standard InChI is InChI=1S/C13H25FN2/c1-11(2)12-9-16(8-7-14)13(10-15-12)5-3-4-6-13/h11-12,15H,3-10H2,1-2H3. The number of piperazine rings is 1. The normalized spacial score (nSPS) is 30.4. The summed E-state index contributed by atoms with van der Waals surface area (Å²) in [4.78, 5) is 2.43. The first kappa shape index (κ1) is 12.3. The van der Waals surface area contributed by atoms with Crippen LogP contribution in [0, 0.1) is 5.92 Å². The maximum absolute atomic E-state index is 12.7. The van der Waals surface area contributed by atoms with Gasteiger partial charge in [0, 0.05) is 31.2 Å². The van der Waals surface area contributed by atoms with Crippen molar-refractivity contribution >= 4 is 0 Å². The van der Waals surface area contributed by atoms with Gasteiger partial charge in [-0.25, -0.2) is 4.39 Å². The molecule has 1 atom stereocenters. The van der Waals surface area contributed by atoms with Gasteiger partial charge in [0.25, 0.3) is 0 Å². The van der Waals surface area contributed by atoms with Crippen LogP contribution in [0.5, 0.6) is 0 Å². The Hall–Kier alpha value is -0.150. The predicted octanol–water partition coefficient (Wildman–Crippen LogP) is 2.20. The molecule has 0 radical (unpaired) electrons. The van der Waals surface area contributed by atoms with E-state index in [-0.39, 0.29) is 12.2 Å². The molecule has 1 spiro atoms. The maximum atomic E-state index is 12.7. The summed E-state index contributed by atoms with van der Waals surface area (Å²) < 4.78 is 12.7. The van der Waals surface area contributed by atoms with E-state index in [4.69, 9.17) is 0 Å². The number of nitrogens with one attached hydrogen (secondary N) is 1. The summed E-state index contributed by atoms with van der Waals surface area (Å²) in [7, 11) is 0. The summed E-state index contributed by atoms with van der Waals surface area (Å²) in [5.41, 5.74) is 0.289. The molecule has 94 valence electrons. The van der Waals surface area contributed by atoms with E-state index in [1.807, 2.05) is 0 Å². The van der Waals surface area contributed by atoms with Crippen LogP contribution in [0.3, 0.4) is 0 Å². The number of hydrogen-bond donors (Lipinski definition) is 1. The van der Waals surface area contributed by atoms with Crippen LogP contribution in [0.1, 0.15) is 39.5 Å². The van der Waals surface area contributed by atoms with Crippen molar-refractivity contribution in [1.29, 1.82) is 0 Å². The van der Waals surface area contributed by atoms with Crippen molar-refractivity contribution in [2.45, 2.75) is 51.1 Å². The number of hydrogen-bond acceptors (Lipinski definition) is 2. The van der Waals surface area contributed by atoms with Gasteiger partial charge in [-0.05, 0) is 18.8 Å². The Balaban J connectivity index is 2.04. The van der Waals surface area contributed by atoms with Crippen LogP contribution in [0.25, 0.3) is 0 Å². The third-order valence-electron chi connectivity index (χ3n) is 4.47. The average molecular weight is 228 g/mol. The van der Waals surface area contributed by atoms with Gasteiger partial charge in [0.2, 0.25) is 0 Å². The molecule has 1 N–H and O–H groups in total. The fourth-order valence-electron chi connectivity index (χ4n) is 3.33. The molecule has 1 saturated carbocycles. The molecule has 1 aliphatic heterocycles. The molecule has 1 saturated heterocycles. The molecule has 1 aliphatic carbocycles. The molecule has 1 unspecified atom stereocenters. The molecule has 2 nitrogen and oxygen atoms in total. The molecule has 0 bridgehead atoms. The van der Waals surface area contributed by atoms with Crippen LogP contribution in [0.15, 0.2) is 0 Å². The molecule has 1 heterocycles. The van der Waals surface area contributed by atoms with E-state index in [9.17, 15) is 4.39 Å². The van der Waals surface area contributed by atoms with Gasteiger partial charge in [-0.15, -0.1) is 0 Å². The van der Waals surface area contributed by atoms with E-state index < -0.39 is 0 Å². The minimum atomic E-state index is -0.202. The SMILES string of the molecule is CC(C)C1CN(CCF)C2(CCCC2)CN1. The topological polar surface area (TPSA) is 15.3 Å². The summed E-state index contributed by atoms with van der Waals surface area (Å²) >= 11 is 0. The highest BCUT2D eigenvalue weighted by atomic mass is 19.1. The maximum Gasteiger partial charge on any atom is 0.102 e. The van der Waals surface area contributed by atoms with E-state index in [2.05, 4.69) is 24.1 Å². The Kier molecular flexibility index (Phi) is 3.85. The number of nitrogens with zero attached hydrogens (tertiary/aromatic N) is 1. The van der Waals surface area contributed by atoms with E-state index in [0.29, 0.717) is 18.5 Å². The Morgan fingerprint density at radius 2 is 2.06 bits per heavy atom. The van der Waals surface area contributed by atoms with Gasteiger partial charge in [0.15, 0.2) is 0 Å². The van der Waals surface area contributed by atoms with Crippen LogP contribution >= 0.6 is 0 Å². The molecular weight excluding hydrogens is 203 g/mol. The van der Waals surface area contributed by atoms with Gasteiger partial charge in [0.05, 0.1) is 0 Å². The Bertz CT molecular complexity index is 224. The monoisotopic (exact) mass is 228 g/mol. The van der Waals surface area contributed by atoms with Gasteiger partial charge >= 0.3 is 0 Å². The highest BCUT2D eigenvalue weighted by molar-refractivity contribution is 5.02. The third kappa shape index (κ3) is 2.25. The van der Waals surface area contributed by atoms with Gasteiger partial charge in [-0.3, -0.25) is 4.90 Å². The second-order valence-electron chi connectivity index (χ2n) is 5.80. The van der Waals surface area contributed by atoms with E-state index in [1.165, 1.54) is 25.7 Å². The molecule has 0 aromatic heterocycles. The largest absolute Gasteiger partial charge is 0.311 e. The lowest BCUT2D eigenvalue weighted by Gasteiger charge is -2.49. The number of alkyl halides is 1. The lowest BCUT2D eigenvalue weighted by Crippen LogP contribution is -2.64. The second kappa shape index (κ2) is 5.01. The smallest absolute Gasteiger partial charge is 0.102 e. The van der Waals surface area contributed by atoms with Crippen molar-refractivity contribution in [2.75, 3.05) is 26.3 Å². The minimum absolute atomic E-state index is 0.202. The highest BCUT2D eigenvalue weighted by Gasteiger charge is 2.43. The van der Waals surface area contributed by atoms with Crippen molar-refractivity contribution in [1.82, 2.24) is 10.2 Å². The van der Waals surface area contributed by atoms with Crippen molar-refractivity contribution in [2.24, 2.45) is 5.92 Å². The van der Waals surface area contributed by atoms with E-state index in [1.54, 1.807) is 0 Å². The lowest BCUT2D eigenvalue weighted by atomic mass is 9.88. The highest BCUT2D eigenvalue weighted by Crippen LogP contribution is 2.37. The zero-order valence-corrected chi connectivity index (χ0v) is 10.6. The van der Waals surface area contributed by atoms with Crippen molar-refractivity contribution in [3.8, 4) is 0 Å². The summed E-state index contributed by atoms with van der Waals surface area (Å²) in [6.07, 6.45) is 5.14. The van der Waals surface area contributed by atoms with Crippen LogP contribution in [-0.2, 0) is 0 Å². The van der Waals surface area contributed by atoms with Crippen molar-refractivity contribution < 1.29 is 4.39 Å². The molecular formula is C13H25FN2. The first-order valence-corrected chi connectivity index (χ1v) is 6.72. The molecule has 2 aliphatic rings. The summed E-state index contributed by atoms with van der Waals surface area (Å²) in [6, 6.07) is 0.540. The Morgan fingerprint density at radius 3 is 2.62 bits per heavy atom. The summed E-state index contributed by atoms with van der Waals surface area (Å²) in [6.45, 7) is 7.02. The molecule has 0 aromatic carbocycles. The fraction of sp³-hybridized carbons (Fsp3) is 1.00. The molecule has 0 amide bonds. The second-order valence-corrected chi connectivity index (χ2v) is 5.80. The average Bonchev–Trinajstić information content (AvgIpc) is 2.71. The van der Waals surface area contributed by atoms with Crippen LogP contribution in [-0.4, -0.2) is 42.8 Å². The molecule has 2 fully saturated rings. The quantitative estimate of drug-likeness (QED) is 0.796. The Morgan fingerprint density at radius 1 is 1.38 bits per heavy atom. The van der Waals surface area contributed by atoms with Crippen LogP contribution in [0.2, 0.25) is 0 Å². The number of halogens is 1. The zero-order valence-electron chi connectivity index (χ0n) is 10.6. The van der Waals surface area contributed by atoms with Crippen LogP contribution < -0.4 is 5.32 Å². The van der Waals surface area contributed by atoms with E-state index >= 15 is 0 Å². The zero-order chi connectivity index (χ0) is 11.6. The first-order valence-electron chi connectivity index (χ1n) is 6.72. The van der Waals surface area contributed by atoms with Crippen molar-refractivity contribution in [3.05, 3.63) is 0 Å². The Labute approximate surface area is 98.6 Å². The van der Waals surface area contributed by atoms with Gasteiger partial charge in [0.1, 0.15) is 6.67 Å². The molecule has 16 heavy (non-hydrogen) atoms.